The smallest absolute Gasteiger partial charge is 0.257 e. The Labute approximate surface area is 175 Å². The highest BCUT2D eigenvalue weighted by atomic mass is 16.5. The minimum Gasteiger partial charge on any atom is -0.493 e. The number of ether oxygens (including phenoxy) is 2. The summed E-state index contributed by atoms with van der Waals surface area (Å²) in [5, 5.41) is 6.88. The number of aromatic nitrogens is 1. The Kier molecular flexibility index (Phi) is 5.31. The Balaban J connectivity index is 1.81. The number of aromatic amines is 1. The summed E-state index contributed by atoms with van der Waals surface area (Å²) in [5.41, 5.74) is 5.09. The molecule has 0 saturated carbocycles. The number of methoxy groups -OCH3 is 2. The number of nitrogens with zero attached hydrogens (tertiary/aromatic N) is 2. The molecule has 0 spiro atoms. The van der Waals surface area contributed by atoms with Gasteiger partial charge in [0.2, 0.25) is 0 Å². The zero-order chi connectivity index (χ0) is 21.3. The van der Waals surface area contributed by atoms with Crippen LogP contribution in [0.5, 0.6) is 11.5 Å². The van der Waals surface area contributed by atoms with Gasteiger partial charge in [0, 0.05) is 12.1 Å². The van der Waals surface area contributed by atoms with Crippen LogP contribution in [0.4, 0.5) is 5.69 Å². The lowest BCUT2D eigenvalue weighted by molar-refractivity contribution is 0.354. The standard InChI is InChI=1S/C24H25N3O3/c1-15-12-16(2)25-24(28)23(15)19-14-20(27(26-19)18-8-6-5-7-9-18)17-10-11-21(29-3)22(13-17)30-4/h5-13,20H,14H2,1-4H3,(H,25,28)/t20-/m1/s1. The van der Waals surface area contributed by atoms with E-state index in [-0.39, 0.29) is 11.6 Å². The number of anilines is 1. The molecule has 154 valence electrons. The number of pyridine rings is 1. The lowest BCUT2D eigenvalue weighted by Gasteiger charge is -2.24. The molecule has 2 aromatic carbocycles. The molecule has 0 amide bonds. The van der Waals surface area contributed by atoms with Gasteiger partial charge >= 0.3 is 0 Å². The second-order valence-electron chi connectivity index (χ2n) is 7.40. The zero-order valence-corrected chi connectivity index (χ0v) is 17.6. The summed E-state index contributed by atoms with van der Waals surface area (Å²) in [7, 11) is 3.25. The normalized spacial score (nSPS) is 15.8. The molecule has 2 heterocycles. The molecule has 1 atom stereocenters. The summed E-state index contributed by atoms with van der Waals surface area (Å²) in [6, 6.07) is 17.8. The van der Waals surface area contributed by atoms with Gasteiger partial charge in [0.05, 0.1) is 37.2 Å². The number of aryl methyl sites for hydroxylation is 2. The van der Waals surface area contributed by atoms with Gasteiger partial charge in [0.15, 0.2) is 11.5 Å². The Hall–Kier alpha value is -3.54. The molecule has 1 aliphatic rings. The molecule has 4 rings (SSSR count). The van der Waals surface area contributed by atoms with Gasteiger partial charge in [-0.1, -0.05) is 24.3 Å². The van der Waals surface area contributed by atoms with Crippen LogP contribution in [0.2, 0.25) is 0 Å². The van der Waals surface area contributed by atoms with Crippen LogP contribution in [-0.4, -0.2) is 24.9 Å². The quantitative estimate of drug-likeness (QED) is 0.687. The van der Waals surface area contributed by atoms with Crippen molar-refractivity contribution in [2.24, 2.45) is 5.10 Å². The van der Waals surface area contributed by atoms with Gasteiger partial charge in [0.1, 0.15) is 0 Å². The van der Waals surface area contributed by atoms with Gasteiger partial charge in [-0.2, -0.15) is 5.10 Å². The van der Waals surface area contributed by atoms with Gasteiger partial charge in [-0.05, 0) is 55.3 Å². The number of hydrogen-bond donors (Lipinski definition) is 1. The highest BCUT2D eigenvalue weighted by molar-refractivity contribution is 6.04. The second kappa shape index (κ2) is 8.06. The predicted octanol–water partition coefficient (Wildman–Crippen LogP) is 4.36. The van der Waals surface area contributed by atoms with Gasteiger partial charge < -0.3 is 14.5 Å². The summed E-state index contributed by atoms with van der Waals surface area (Å²) in [4.78, 5) is 15.6. The third-order valence-electron chi connectivity index (χ3n) is 5.38. The fraction of sp³-hybridized carbons (Fsp3) is 0.250. The van der Waals surface area contributed by atoms with E-state index in [0.717, 1.165) is 28.2 Å². The van der Waals surface area contributed by atoms with Crippen molar-refractivity contribution in [3.8, 4) is 11.5 Å². The van der Waals surface area contributed by atoms with E-state index in [1.807, 2.05) is 73.5 Å². The maximum absolute atomic E-state index is 12.7. The monoisotopic (exact) mass is 403 g/mol. The summed E-state index contributed by atoms with van der Waals surface area (Å²) in [6.45, 7) is 3.84. The van der Waals surface area contributed by atoms with E-state index in [1.165, 1.54) is 0 Å². The summed E-state index contributed by atoms with van der Waals surface area (Å²) < 4.78 is 10.9. The molecule has 1 aliphatic heterocycles. The Bertz CT molecular complexity index is 1150. The Morgan fingerprint density at radius 2 is 1.73 bits per heavy atom. The molecule has 30 heavy (non-hydrogen) atoms. The molecule has 0 fully saturated rings. The number of para-hydroxylation sites is 1. The van der Waals surface area contributed by atoms with Crippen molar-refractivity contribution in [1.29, 1.82) is 0 Å². The number of hydrogen-bond acceptors (Lipinski definition) is 5. The Morgan fingerprint density at radius 1 is 1.00 bits per heavy atom. The summed E-state index contributed by atoms with van der Waals surface area (Å²) >= 11 is 0. The predicted molar refractivity (Wildman–Crippen MR) is 119 cm³/mol. The van der Waals surface area contributed by atoms with Crippen molar-refractivity contribution >= 4 is 11.4 Å². The van der Waals surface area contributed by atoms with Gasteiger partial charge in [-0.3, -0.25) is 9.80 Å². The van der Waals surface area contributed by atoms with Crippen LogP contribution in [0.15, 0.2) is 64.5 Å². The largest absolute Gasteiger partial charge is 0.493 e. The maximum atomic E-state index is 12.7. The highest BCUT2D eigenvalue weighted by Gasteiger charge is 2.32. The molecule has 0 aliphatic carbocycles. The average molecular weight is 403 g/mol. The average Bonchev–Trinajstić information content (AvgIpc) is 3.18. The number of nitrogens with one attached hydrogen (secondary N) is 1. The van der Waals surface area contributed by atoms with Crippen molar-refractivity contribution in [2.45, 2.75) is 26.3 Å². The third kappa shape index (κ3) is 3.56. The number of rotatable bonds is 5. The van der Waals surface area contributed by atoms with Crippen LogP contribution in [0.1, 0.15) is 34.8 Å². The van der Waals surface area contributed by atoms with Crippen LogP contribution in [0.3, 0.4) is 0 Å². The fourth-order valence-electron chi connectivity index (χ4n) is 4.01. The van der Waals surface area contributed by atoms with E-state index in [1.54, 1.807) is 14.2 Å². The fourth-order valence-corrected chi connectivity index (χ4v) is 4.01. The van der Waals surface area contributed by atoms with Crippen LogP contribution >= 0.6 is 0 Å². The molecule has 1 aromatic heterocycles. The molecule has 0 bridgehead atoms. The third-order valence-corrected chi connectivity index (χ3v) is 5.38. The molecule has 3 aromatic rings. The highest BCUT2D eigenvalue weighted by Crippen LogP contribution is 2.39. The van der Waals surface area contributed by atoms with Crippen LogP contribution in [0, 0.1) is 13.8 Å². The van der Waals surface area contributed by atoms with E-state index in [0.29, 0.717) is 23.5 Å². The first-order valence-corrected chi connectivity index (χ1v) is 9.86. The molecule has 1 N–H and O–H groups in total. The van der Waals surface area contributed by atoms with Crippen molar-refractivity contribution in [3.63, 3.8) is 0 Å². The van der Waals surface area contributed by atoms with Gasteiger partial charge in [0.25, 0.3) is 5.56 Å². The van der Waals surface area contributed by atoms with Gasteiger partial charge in [-0.25, -0.2) is 0 Å². The summed E-state index contributed by atoms with van der Waals surface area (Å²) in [5.74, 6) is 1.35. The first kappa shape index (κ1) is 19.8. The number of H-pyrrole nitrogens is 1. The topological polar surface area (TPSA) is 66.9 Å². The van der Waals surface area contributed by atoms with E-state index >= 15 is 0 Å². The molecular weight excluding hydrogens is 378 g/mol. The molecule has 6 heteroatoms. The van der Waals surface area contributed by atoms with Crippen molar-refractivity contribution in [1.82, 2.24) is 4.98 Å². The van der Waals surface area contributed by atoms with Crippen LogP contribution < -0.4 is 20.0 Å². The van der Waals surface area contributed by atoms with E-state index < -0.39 is 0 Å². The van der Waals surface area contributed by atoms with Crippen molar-refractivity contribution < 1.29 is 9.47 Å². The van der Waals surface area contributed by atoms with E-state index in [9.17, 15) is 4.79 Å². The lowest BCUT2D eigenvalue weighted by Crippen LogP contribution is -2.20. The SMILES string of the molecule is COc1ccc([C@H]2CC(c3c(C)cc(C)[nH]c3=O)=NN2c2ccccc2)cc1OC. The first-order chi connectivity index (χ1) is 14.5. The van der Waals surface area contributed by atoms with Crippen molar-refractivity contribution in [3.05, 3.63) is 87.3 Å². The zero-order valence-electron chi connectivity index (χ0n) is 17.6. The molecule has 0 unspecified atom stereocenters. The van der Waals surface area contributed by atoms with Crippen LogP contribution in [0.25, 0.3) is 0 Å². The van der Waals surface area contributed by atoms with Crippen molar-refractivity contribution in [2.75, 3.05) is 19.2 Å². The molecule has 6 nitrogen and oxygen atoms in total. The Morgan fingerprint density at radius 3 is 2.40 bits per heavy atom. The number of hydrazone groups is 1. The minimum atomic E-state index is -0.104. The molecule has 0 saturated heterocycles. The van der Waals surface area contributed by atoms with E-state index in [2.05, 4.69) is 4.98 Å². The minimum absolute atomic E-state index is 0.0673. The maximum Gasteiger partial charge on any atom is 0.257 e. The van der Waals surface area contributed by atoms with E-state index in [4.69, 9.17) is 14.6 Å². The summed E-state index contributed by atoms with van der Waals surface area (Å²) in [6.07, 6.45) is 0.608. The number of benzene rings is 2. The lowest BCUT2D eigenvalue weighted by atomic mass is 9.96. The van der Waals surface area contributed by atoms with Crippen LogP contribution in [-0.2, 0) is 0 Å². The first-order valence-electron chi connectivity index (χ1n) is 9.86. The van der Waals surface area contributed by atoms with Gasteiger partial charge in [-0.15, -0.1) is 0 Å². The molecule has 0 radical (unpaired) electrons. The molecular formula is C24H25N3O3. The second-order valence-corrected chi connectivity index (χ2v) is 7.40.